The average molecular weight is 398 g/mol. The first-order valence-electron chi connectivity index (χ1n) is 7.75. The molecule has 0 aliphatic carbocycles. The van der Waals surface area contributed by atoms with Crippen molar-refractivity contribution in [3.8, 4) is 0 Å². The van der Waals surface area contributed by atoms with Crippen LogP contribution in [0.4, 0.5) is 26.3 Å². The maximum absolute atomic E-state index is 12.8. The van der Waals surface area contributed by atoms with E-state index in [4.69, 9.17) is 0 Å². The second kappa shape index (κ2) is 7.23. The van der Waals surface area contributed by atoms with E-state index in [9.17, 15) is 26.3 Å². The number of benzene rings is 2. The number of hydrogen-bond acceptors (Lipinski definition) is 1. The molecule has 2 aromatic carbocycles. The van der Waals surface area contributed by atoms with Crippen LogP contribution in [0.2, 0.25) is 0 Å². The Hall–Kier alpha value is -2.54. The van der Waals surface area contributed by atoms with Crippen molar-refractivity contribution in [1.82, 2.24) is 0 Å². The molecule has 0 fully saturated rings. The summed E-state index contributed by atoms with van der Waals surface area (Å²) in [7, 11) is 0. The summed E-state index contributed by atoms with van der Waals surface area (Å²) in [6.45, 7) is 0. The highest BCUT2D eigenvalue weighted by Crippen LogP contribution is 2.34. The fraction of sp³-hybridized carbons (Fsp3) is 0.100. The Morgan fingerprint density at radius 1 is 0.667 bits per heavy atom. The summed E-state index contributed by atoms with van der Waals surface area (Å²) in [5, 5.41) is 1.84. The molecule has 1 aromatic heterocycles. The Bertz CT molecular complexity index is 855. The van der Waals surface area contributed by atoms with Gasteiger partial charge >= 0.3 is 12.4 Å². The topological polar surface area (TPSA) is 0 Å². The van der Waals surface area contributed by atoms with Crippen molar-refractivity contribution in [3.63, 3.8) is 0 Å². The lowest BCUT2D eigenvalue weighted by atomic mass is 9.95. The minimum absolute atomic E-state index is 0.483. The van der Waals surface area contributed by atoms with Gasteiger partial charge in [-0.2, -0.15) is 26.3 Å². The van der Waals surface area contributed by atoms with Gasteiger partial charge in [-0.25, -0.2) is 0 Å². The predicted molar refractivity (Wildman–Crippen MR) is 94.2 cm³/mol. The quantitative estimate of drug-likeness (QED) is 0.404. The maximum Gasteiger partial charge on any atom is 0.416 e. The molecule has 0 saturated carbocycles. The van der Waals surface area contributed by atoms with E-state index in [1.165, 1.54) is 35.6 Å². The summed E-state index contributed by atoms with van der Waals surface area (Å²) in [6, 6.07) is 12.7. The third kappa shape index (κ3) is 4.60. The molecule has 7 heteroatoms. The molecule has 0 atom stereocenters. The van der Waals surface area contributed by atoms with E-state index in [0.717, 1.165) is 29.1 Å². The fourth-order valence-electron chi connectivity index (χ4n) is 2.53. The molecular formula is C20H12F6S. The highest BCUT2D eigenvalue weighted by molar-refractivity contribution is 7.10. The molecule has 3 aromatic rings. The Labute approximate surface area is 155 Å². The molecule has 0 amide bonds. The summed E-state index contributed by atoms with van der Waals surface area (Å²) in [5.41, 5.74) is -0.0597. The average Bonchev–Trinajstić information content (AvgIpc) is 3.12. The summed E-state index contributed by atoms with van der Waals surface area (Å²) < 4.78 is 76.7. The third-order valence-corrected chi connectivity index (χ3v) is 4.70. The summed E-state index contributed by atoms with van der Waals surface area (Å²) in [6.07, 6.45) is -7.16. The van der Waals surface area contributed by atoms with Crippen LogP contribution in [0.25, 0.3) is 11.6 Å². The van der Waals surface area contributed by atoms with Crippen LogP contribution < -0.4 is 0 Å². The lowest BCUT2D eigenvalue weighted by Gasteiger charge is -2.12. The minimum Gasteiger partial charge on any atom is -0.166 e. The molecular weight excluding hydrogens is 386 g/mol. The van der Waals surface area contributed by atoms with Crippen molar-refractivity contribution in [3.05, 3.63) is 93.2 Å². The van der Waals surface area contributed by atoms with Gasteiger partial charge in [-0.1, -0.05) is 30.3 Å². The number of halogens is 6. The normalized spacial score (nSPS) is 12.1. The maximum atomic E-state index is 12.8. The van der Waals surface area contributed by atoms with Gasteiger partial charge in [0.05, 0.1) is 11.1 Å². The van der Waals surface area contributed by atoms with Crippen LogP contribution in [0.1, 0.15) is 27.1 Å². The number of alkyl halides is 6. The van der Waals surface area contributed by atoms with Crippen LogP contribution in [-0.4, -0.2) is 0 Å². The zero-order valence-electron chi connectivity index (χ0n) is 13.6. The highest BCUT2D eigenvalue weighted by atomic mass is 32.1. The van der Waals surface area contributed by atoms with Crippen LogP contribution in [0, 0.1) is 0 Å². The Kier molecular flexibility index (Phi) is 5.15. The lowest BCUT2D eigenvalue weighted by molar-refractivity contribution is -0.138. The van der Waals surface area contributed by atoms with Crippen molar-refractivity contribution in [2.75, 3.05) is 0 Å². The molecule has 0 nitrogen and oxygen atoms in total. The van der Waals surface area contributed by atoms with Crippen LogP contribution in [0.5, 0.6) is 0 Å². The van der Waals surface area contributed by atoms with Crippen molar-refractivity contribution in [2.24, 2.45) is 0 Å². The fourth-order valence-corrected chi connectivity index (χ4v) is 3.18. The van der Waals surface area contributed by atoms with Gasteiger partial charge in [-0.3, -0.25) is 0 Å². The van der Waals surface area contributed by atoms with Crippen molar-refractivity contribution in [2.45, 2.75) is 12.4 Å². The minimum atomic E-state index is -4.45. The zero-order valence-corrected chi connectivity index (χ0v) is 14.4. The van der Waals surface area contributed by atoms with Gasteiger partial charge in [-0.15, -0.1) is 11.3 Å². The first kappa shape index (κ1) is 19.2. The molecule has 0 saturated heterocycles. The zero-order chi connectivity index (χ0) is 19.7. The van der Waals surface area contributed by atoms with E-state index in [-0.39, 0.29) is 0 Å². The smallest absolute Gasteiger partial charge is 0.166 e. The van der Waals surface area contributed by atoms with Gasteiger partial charge in [0.1, 0.15) is 0 Å². The first-order chi connectivity index (χ1) is 12.6. The van der Waals surface area contributed by atoms with Crippen molar-refractivity contribution in [1.29, 1.82) is 0 Å². The van der Waals surface area contributed by atoms with Gasteiger partial charge in [-0.05, 0) is 58.5 Å². The summed E-state index contributed by atoms with van der Waals surface area (Å²) in [4.78, 5) is 0.838. The summed E-state index contributed by atoms with van der Waals surface area (Å²) in [5.74, 6) is 0. The van der Waals surface area contributed by atoms with Crippen LogP contribution in [0.15, 0.2) is 66.0 Å². The van der Waals surface area contributed by atoms with E-state index < -0.39 is 23.5 Å². The predicted octanol–water partition coefficient (Wildman–Crippen LogP) is 7.37. The van der Waals surface area contributed by atoms with Crippen molar-refractivity contribution < 1.29 is 26.3 Å². The van der Waals surface area contributed by atoms with Crippen LogP contribution >= 0.6 is 11.3 Å². The molecule has 0 N–H and O–H groups in total. The number of hydrogen-bond donors (Lipinski definition) is 0. The molecule has 0 spiro atoms. The van der Waals surface area contributed by atoms with Crippen molar-refractivity contribution >= 4 is 23.0 Å². The second-order valence-electron chi connectivity index (χ2n) is 5.72. The molecule has 1 heterocycles. The molecule has 3 rings (SSSR count). The molecule has 140 valence electrons. The SMILES string of the molecule is FC(F)(F)c1ccc(C(=Cc2cccs2)c2ccc(C(F)(F)F)cc2)cc1. The van der Waals surface area contributed by atoms with Crippen LogP contribution in [0.3, 0.4) is 0 Å². The van der Waals surface area contributed by atoms with Gasteiger partial charge in [0, 0.05) is 4.88 Å². The molecule has 0 unspecified atom stereocenters. The standard InChI is InChI=1S/C20H12F6S/c21-19(22,23)15-7-3-13(4-8-15)18(12-17-2-1-11-27-17)14-5-9-16(10-6-14)20(24,25)26/h1-12H. The number of rotatable bonds is 3. The first-order valence-corrected chi connectivity index (χ1v) is 8.63. The van der Waals surface area contributed by atoms with E-state index in [2.05, 4.69) is 0 Å². The Morgan fingerprint density at radius 3 is 1.44 bits per heavy atom. The van der Waals surface area contributed by atoms with E-state index >= 15 is 0 Å². The Balaban J connectivity index is 2.05. The third-order valence-electron chi connectivity index (χ3n) is 3.88. The molecule has 27 heavy (non-hydrogen) atoms. The van der Waals surface area contributed by atoms with E-state index in [0.29, 0.717) is 16.7 Å². The largest absolute Gasteiger partial charge is 0.416 e. The second-order valence-corrected chi connectivity index (χ2v) is 6.70. The van der Waals surface area contributed by atoms with Gasteiger partial charge in [0.25, 0.3) is 0 Å². The van der Waals surface area contributed by atoms with E-state index in [1.807, 2.05) is 17.5 Å². The molecule has 0 aliphatic rings. The van der Waals surface area contributed by atoms with Gasteiger partial charge in [0.15, 0.2) is 0 Å². The number of thiophene rings is 1. The molecule has 0 aliphatic heterocycles. The van der Waals surface area contributed by atoms with Crippen LogP contribution in [-0.2, 0) is 12.4 Å². The molecule has 0 bridgehead atoms. The Morgan fingerprint density at radius 2 is 1.11 bits per heavy atom. The lowest BCUT2D eigenvalue weighted by Crippen LogP contribution is -2.05. The monoisotopic (exact) mass is 398 g/mol. The highest BCUT2D eigenvalue weighted by Gasteiger charge is 2.31. The summed E-state index contributed by atoms with van der Waals surface area (Å²) >= 11 is 1.42. The molecule has 0 radical (unpaired) electrons. The van der Waals surface area contributed by atoms with Gasteiger partial charge < -0.3 is 0 Å². The van der Waals surface area contributed by atoms with E-state index in [1.54, 1.807) is 6.08 Å². The van der Waals surface area contributed by atoms with Gasteiger partial charge in [0.2, 0.25) is 0 Å².